The monoisotopic (exact) mass is 432 g/mol. The molecule has 1 aromatic heterocycles. The molecule has 4 aromatic rings. The van der Waals surface area contributed by atoms with E-state index in [9.17, 15) is 4.79 Å². The number of nitrogens with zero attached hydrogens (tertiary/aromatic N) is 2. The molecule has 0 aliphatic heterocycles. The molecule has 0 aliphatic rings. The van der Waals surface area contributed by atoms with Crippen LogP contribution in [0.1, 0.15) is 21.5 Å². The largest absolute Gasteiger partial charge is 0.496 e. The number of carbonyl (C=O) groups is 1. The predicted molar refractivity (Wildman–Crippen MR) is 127 cm³/mol. The number of anilines is 2. The lowest BCUT2D eigenvalue weighted by molar-refractivity contribution is 0.102. The molecule has 0 aliphatic carbocycles. The SMILES string of the molecule is COc1ccc(NC(=O)c2ccc3c(c2)ncn3C)cc1SNc1c(C)cccc1C. The number of imidazole rings is 1. The van der Waals surface area contributed by atoms with Crippen LogP contribution in [-0.4, -0.2) is 22.6 Å². The van der Waals surface area contributed by atoms with Gasteiger partial charge >= 0.3 is 0 Å². The first-order chi connectivity index (χ1) is 15.0. The molecule has 0 spiro atoms. The van der Waals surface area contributed by atoms with Crippen molar-refractivity contribution in [1.29, 1.82) is 0 Å². The van der Waals surface area contributed by atoms with Crippen molar-refractivity contribution in [3.63, 3.8) is 0 Å². The zero-order chi connectivity index (χ0) is 22.0. The number of para-hydroxylation sites is 1. The van der Waals surface area contributed by atoms with Crippen molar-refractivity contribution >= 4 is 40.3 Å². The van der Waals surface area contributed by atoms with Crippen molar-refractivity contribution in [2.24, 2.45) is 7.05 Å². The van der Waals surface area contributed by atoms with E-state index in [2.05, 4.69) is 41.0 Å². The summed E-state index contributed by atoms with van der Waals surface area (Å²) in [4.78, 5) is 18.0. The van der Waals surface area contributed by atoms with E-state index in [4.69, 9.17) is 4.74 Å². The molecule has 31 heavy (non-hydrogen) atoms. The first kappa shape index (κ1) is 20.8. The van der Waals surface area contributed by atoms with Crippen LogP contribution in [0.2, 0.25) is 0 Å². The van der Waals surface area contributed by atoms with Crippen molar-refractivity contribution in [3.05, 3.63) is 77.6 Å². The van der Waals surface area contributed by atoms with Gasteiger partial charge in [0.25, 0.3) is 5.91 Å². The van der Waals surface area contributed by atoms with Crippen molar-refractivity contribution in [2.75, 3.05) is 17.1 Å². The quantitative estimate of drug-likeness (QED) is 0.390. The number of carbonyl (C=O) groups excluding carboxylic acids is 1. The van der Waals surface area contributed by atoms with Crippen LogP contribution in [0, 0.1) is 13.8 Å². The molecule has 0 bridgehead atoms. The van der Waals surface area contributed by atoms with Crippen LogP contribution < -0.4 is 14.8 Å². The Kier molecular flexibility index (Phi) is 5.86. The van der Waals surface area contributed by atoms with Gasteiger partial charge in [-0.25, -0.2) is 4.98 Å². The van der Waals surface area contributed by atoms with Gasteiger partial charge in [0.15, 0.2) is 0 Å². The van der Waals surface area contributed by atoms with Crippen molar-refractivity contribution in [1.82, 2.24) is 9.55 Å². The molecule has 0 radical (unpaired) electrons. The molecule has 3 aromatic carbocycles. The summed E-state index contributed by atoms with van der Waals surface area (Å²) in [6, 6.07) is 17.3. The van der Waals surface area contributed by atoms with E-state index < -0.39 is 0 Å². The van der Waals surface area contributed by atoms with E-state index in [1.807, 2.05) is 41.9 Å². The van der Waals surface area contributed by atoms with E-state index >= 15 is 0 Å². The Morgan fingerprint density at radius 3 is 2.58 bits per heavy atom. The highest BCUT2D eigenvalue weighted by Gasteiger charge is 2.12. The molecule has 2 N–H and O–H groups in total. The van der Waals surface area contributed by atoms with Gasteiger partial charge in [0.1, 0.15) is 5.75 Å². The standard InChI is InChI=1S/C24H24N4O2S/c1-15-6-5-7-16(2)23(15)27-31-22-13-18(9-11-21(22)30-4)26-24(29)17-8-10-20-19(12-17)25-14-28(20)3/h5-14,27H,1-4H3,(H,26,29). The van der Waals surface area contributed by atoms with Gasteiger partial charge in [-0.3, -0.25) is 4.79 Å². The summed E-state index contributed by atoms with van der Waals surface area (Å²) in [5, 5.41) is 2.97. The van der Waals surface area contributed by atoms with E-state index in [0.717, 1.165) is 27.4 Å². The van der Waals surface area contributed by atoms with Crippen LogP contribution in [-0.2, 0) is 7.05 Å². The average molecular weight is 433 g/mol. The summed E-state index contributed by atoms with van der Waals surface area (Å²) in [5.74, 6) is 0.549. The number of aryl methyl sites for hydroxylation is 3. The second kappa shape index (κ2) is 8.73. The number of hydrogen-bond acceptors (Lipinski definition) is 5. The maximum atomic E-state index is 12.8. The van der Waals surface area contributed by atoms with E-state index in [1.165, 1.54) is 23.1 Å². The third-order valence-corrected chi connectivity index (χ3v) is 6.00. The highest BCUT2D eigenvalue weighted by Crippen LogP contribution is 2.34. The minimum absolute atomic E-state index is 0.184. The molecule has 1 amide bonds. The molecule has 6 nitrogen and oxygen atoms in total. The van der Waals surface area contributed by atoms with Crippen LogP contribution in [0.15, 0.2) is 65.8 Å². The van der Waals surface area contributed by atoms with Crippen LogP contribution in [0.4, 0.5) is 11.4 Å². The summed E-state index contributed by atoms with van der Waals surface area (Å²) < 4.78 is 10.8. The number of aromatic nitrogens is 2. The molecule has 0 fully saturated rings. The smallest absolute Gasteiger partial charge is 0.255 e. The predicted octanol–water partition coefficient (Wildman–Crippen LogP) is 5.57. The van der Waals surface area contributed by atoms with Gasteiger partial charge in [0.05, 0.1) is 35.1 Å². The Morgan fingerprint density at radius 2 is 1.84 bits per heavy atom. The summed E-state index contributed by atoms with van der Waals surface area (Å²) in [5.41, 5.74) is 6.44. The maximum Gasteiger partial charge on any atom is 0.255 e. The Balaban J connectivity index is 1.54. The number of nitrogens with one attached hydrogen (secondary N) is 2. The molecule has 0 unspecified atom stereocenters. The van der Waals surface area contributed by atoms with Crippen molar-refractivity contribution in [3.8, 4) is 5.75 Å². The summed E-state index contributed by atoms with van der Waals surface area (Å²) in [6.45, 7) is 4.14. The lowest BCUT2D eigenvalue weighted by atomic mass is 10.1. The zero-order valence-electron chi connectivity index (χ0n) is 17.9. The van der Waals surface area contributed by atoms with Crippen LogP contribution in [0.3, 0.4) is 0 Å². The number of benzene rings is 3. The van der Waals surface area contributed by atoms with Gasteiger partial charge < -0.3 is 19.3 Å². The minimum atomic E-state index is -0.184. The molecule has 158 valence electrons. The maximum absolute atomic E-state index is 12.8. The minimum Gasteiger partial charge on any atom is -0.496 e. The number of methoxy groups -OCH3 is 1. The first-order valence-corrected chi connectivity index (χ1v) is 10.7. The number of hydrogen-bond donors (Lipinski definition) is 2. The van der Waals surface area contributed by atoms with Gasteiger partial charge in [-0.15, -0.1) is 0 Å². The third-order valence-electron chi connectivity index (χ3n) is 5.15. The van der Waals surface area contributed by atoms with Crippen LogP contribution in [0.25, 0.3) is 11.0 Å². The second-order valence-corrected chi connectivity index (χ2v) is 8.20. The molecule has 0 saturated carbocycles. The van der Waals surface area contributed by atoms with Gasteiger partial charge in [-0.2, -0.15) is 0 Å². The van der Waals surface area contributed by atoms with Crippen molar-refractivity contribution < 1.29 is 9.53 Å². The highest BCUT2D eigenvalue weighted by atomic mass is 32.2. The van der Waals surface area contributed by atoms with Crippen LogP contribution >= 0.6 is 11.9 Å². The van der Waals surface area contributed by atoms with Gasteiger partial charge in [0, 0.05) is 18.3 Å². The van der Waals surface area contributed by atoms with E-state index in [1.54, 1.807) is 25.6 Å². The third kappa shape index (κ3) is 4.36. The normalized spacial score (nSPS) is 10.8. The van der Waals surface area contributed by atoms with Gasteiger partial charge in [-0.05, 0) is 73.3 Å². The molecule has 1 heterocycles. The Bertz CT molecular complexity index is 1250. The lowest BCUT2D eigenvalue weighted by Gasteiger charge is -2.15. The summed E-state index contributed by atoms with van der Waals surface area (Å²) in [6.07, 6.45) is 1.74. The van der Waals surface area contributed by atoms with Crippen molar-refractivity contribution in [2.45, 2.75) is 18.7 Å². The van der Waals surface area contributed by atoms with Gasteiger partial charge in [0.2, 0.25) is 0 Å². The Hall–Kier alpha value is -3.45. The number of amides is 1. The summed E-state index contributed by atoms with van der Waals surface area (Å²) in [7, 11) is 3.57. The fraction of sp³-hybridized carbons (Fsp3) is 0.167. The van der Waals surface area contributed by atoms with E-state index in [-0.39, 0.29) is 5.91 Å². The second-order valence-electron chi connectivity index (χ2n) is 7.35. The fourth-order valence-electron chi connectivity index (χ4n) is 3.40. The number of ether oxygens (including phenoxy) is 1. The van der Waals surface area contributed by atoms with Crippen LogP contribution in [0.5, 0.6) is 5.75 Å². The average Bonchev–Trinajstić information content (AvgIpc) is 3.13. The molecular formula is C24H24N4O2S. The molecule has 4 rings (SSSR count). The Labute approximate surface area is 185 Å². The highest BCUT2D eigenvalue weighted by molar-refractivity contribution is 8.00. The topological polar surface area (TPSA) is 68.2 Å². The van der Waals surface area contributed by atoms with E-state index in [0.29, 0.717) is 11.3 Å². The fourth-order valence-corrected chi connectivity index (χ4v) is 4.37. The number of rotatable bonds is 6. The molecule has 0 atom stereocenters. The first-order valence-electron chi connectivity index (χ1n) is 9.86. The molecular weight excluding hydrogens is 408 g/mol. The van der Waals surface area contributed by atoms with Gasteiger partial charge in [-0.1, -0.05) is 18.2 Å². The molecule has 7 heteroatoms. The lowest BCUT2D eigenvalue weighted by Crippen LogP contribution is -2.12. The molecule has 0 saturated heterocycles. The Morgan fingerprint density at radius 1 is 1.06 bits per heavy atom. The zero-order valence-corrected chi connectivity index (χ0v) is 18.7. The number of fused-ring (bicyclic) bond motifs is 1. The summed E-state index contributed by atoms with van der Waals surface area (Å²) >= 11 is 1.46.